The van der Waals surface area contributed by atoms with Crippen molar-refractivity contribution in [2.24, 2.45) is 0 Å². The van der Waals surface area contributed by atoms with Crippen LogP contribution in [0.15, 0.2) is 36.4 Å². The number of benzene rings is 2. The molecule has 0 heterocycles. The number of aryl methyl sites for hydroxylation is 1. The van der Waals surface area contributed by atoms with Crippen molar-refractivity contribution in [1.82, 2.24) is 0 Å². The molecule has 2 nitrogen and oxygen atoms in total. The molecule has 0 atom stereocenters. The SMILES string of the molecule is Cc1cc(NCc2cc(Cl)ccc2OC(F)F)ccc1F. The van der Waals surface area contributed by atoms with E-state index < -0.39 is 6.61 Å². The zero-order chi connectivity index (χ0) is 15.4. The molecular formula is C15H13ClF3NO. The third kappa shape index (κ3) is 4.29. The number of ether oxygens (including phenoxy) is 1. The van der Waals surface area contributed by atoms with Crippen LogP contribution < -0.4 is 10.1 Å². The van der Waals surface area contributed by atoms with Crippen LogP contribution >= 0.6 is 11.6 Å². The van der Waals surface area contributed by atoms with Gasteiger partial charge in [-0.2, -0.15) is 8.78 Å². The van der Waals surface area contributed by atoms with Gasteiger partial charge in [-0.05, 0) is 48.9 Å². The molecule has 0 saturated heterocycles. The maximum Gasteiger partial charge on any atom is 0.387 e. The molecule has 0 spiro atoms. The minimum absolute atomic E-state index is 0.0562. The molecule has 0 saturated carbocycles. The van der Waals surface area contributed by atoms with E-state index in [1.807, 2.05) is 0 Å². The number of anilines is 1. The number of alkyl halides is 2. The lowest BCUT2D eigenvalue weighted by Crippen LogP contribution is -2.07. The van der Waals surface area contributed by atoms with E-state index in [4.69, 9.17) is 11.6 Å². The number of halogens is 4. The van der Waals surface area contributed by atoms with Crippen molar-refractivity contribution in [1.29, 1.82) is 0 Å². The Morgan fingerprint density at radius 1 is 1.19 bits per heavy atom. The Balaban J connectivity index is 2.14. The fraction of sp³-hybridized carbons (Fsp3) is 0.200. The van der Waals surface area contributed by atoms with Gasteiger partial charge in [-0.3, -0.25) is 0 Å². The summed E-state index contributed by atoms with van der Waals surface area (Å²) in [5, 5.41) is 3.44. The second kappa shape index (κ2) is 6.72. The van der Waals surface area contributed by atoms with E-state index in [0.717, 1.165) is 0 Å². The number of hydrogen-bond acceptors (Lipinski definition) is 2. The zero-order valence-corrected chi connectivity index (χ0v) is 11.9. The van der Waals surface area contributed by atoms with Crippen LogP contribution in [0, 0.1) is 12.7 Å². The molecule has 6 heteroatoms. The number of nitrogens with one attached hydrogen (secondary N) is 1. The topological polar surface area (TPSA) is 21.3 Å². The fourth-order valence-corrected chi connectivity index (χ4v) is 2.04. The summed E-state index contributed by atoms with van der Waals surface area (Å²) in [6, 6.07) is 8.95. The summed E-state index contributed by atoms with van der Waals surface area (Å²) in [5.41, 5.74) is 1.66. The predicted octanol–water partition coefficient (Wildman–Crippen LogP) is 5.00. The molecule has 0 unspecified atom stereocenters. The van der Waals surface area contributed by atoms with Crippen LogP contribution in [-0.2, 0) is 6.54 Å². The summed E-state index contributed by atoms with van der Waals surface area (Å²) in [6.45, 7) is -1.03. The van der Waals surface area contributed by atoms with E-state index in [0.29, 0.717) is 21.8 Å². The Hall–Kier alpha value is -1.88. The second-order valence-electron chi connectivity index (χ2n) is 4.45. The van der Waals surface area contributed by atoms with Gasteiger partial charge in [0.05, 0.1) is 0 Å². The van der Waals surface area contributed by atoms with Crippen LogP contribution in [-0.4, -0.2) is 6.61 Å². The van der Waals surface area contributed by atoms with E-state index in [-0.39, 0.29) is 18.1 Å². The standard InChI is InChI=1S/C15H13ClF3NO/c1-9-6-12(3-4-13(9)17)20-8-10-7-11(16)2-5-14(10)21-15(18)19/h2-7,15,20H,8H2,1H3. The van der Waals surface area contributed by atoms with Crippen LogP contribution in [0.2, 0.25) is 5.02 Å². The molecule has 0 aliphatic rings. The van der Waals surface area contributed by atoms with Crippen LogP contribution in [0.5, 0.6) is 5.75 Å². The first-order valence-electron chi connectivity index (χ1n) is 6.19. The molecule has 21 heavy (non-hydrogen) atoms. The van der Waals surface area contributed by atoms with Crippen molar-refractivity contribution in [2.75, 3.05) is 5.32 Å². The van der Waals surface area contributed by atoms with Gasteiger partial charge in [0, 0.05) is 22.8 Å². The molecule has 0 aliphatic heterocycles. The molecule has 0 aromatic heterocycles. The zero-order valence-electron chi connectivity index (χ0n) is 11.2. The number of rotatable bonds is 5. The lowest BCUT2D eigenvalue weighted by molar-refractivity contribution is -0.0504. The second-order valence-corrected chi connectivity index (χ2v) is 4.88. The molecule has 0 fully saturated rings. The maximum absolute atomic E-state index is 13.2. The van der Waals surface area contributed by atoms with Gasteiger partial charge in [-0.15, -0.1) is 0 Å². The highest BCUT2D eigenvalue weighted by Gasteiger charge is 2.10. The Morgan fingerprint density at radius 3 is 2.62 bits per heavy atom. The Morgan fingerprint density at radius 2 is 1.95 bits per heavy atom. The summed E-state index contributed by atoms with van der Waals surface area (Å²) in [5.74, 6) is -0.245. The first kappa shape index (κ1) is 15.5. The Labute approximate surface area is 125 Å². The first-order valence-corrected chi connectivity index (χ1v) is 6.57. The van der Waals surface area contributed by atoms with Gasteiger partial charge < -0.3 is 10.1 Å². The average molecular weight is 316 g/mol. The quantitative estimate of drug-likeness (QED) is 0.838. The minimum Gasteiger partial charge on any atom is -0.434 e. The minimum atomic E-state index is -2.90. The van der Waals surface area contributed by atoms with E-state index >= 15 is 0 Å². The molecule has 112 valence electrons. The van der Waals surface area contributed by atoms with Crippen LogP contribution in [0.25, 0.3) is 0 Å². The van der Waals surface area contributed by atoms with Gasteiger partial charge in [0.2, 0.25) is 0 Å². The Kier molecular flexibility index (Phi) is 4.96. The molecular weight excluding hydrogens is 303 g/mol. The number of hydrogen-bond donors (Lipinski definition) is 1. The summed E-state index contributed by atoms with van der Waals surface area (Å²) >= 11 is 5.86. The van der Waals surface area contributed by atoms with Gasteiger partial charge in [0.25, 0.3) is 0 Å². The van der Waals surface area contributed by atoms with Crippen molar-refractivity contribution >= 4 is 17.3 Å². The average Bonchev–Trinajstić information content (AvgIpc) is 2.42. The molecule has 0 bridgehead atoms. The van der Waals surface area contributed by atoms with Gasteiger partial charge in [0.1, 0.15) is 11.6 Å². The van der Waals surface area contributed by atoms with Crippen molar-refractivity contribution < 1.29 is 17.9 Å². The van der Waals surface area contributed by atoms with Gasteiger partial charge in [-0.1, -0.05) is 11.6 Å². The summed E-state index contributed by atoms with van der Waals surface area (Å²) in [4.78, 5) is 0. The van der Waals surface area contributed by atoms with Crippen molar-refractivity contribution in [3.8, 4) is 5.75 Å². The Bertz CT molecular complexity index is 634. The molecule has 2 aromatic rings. The molecule has 2 aromatic carbocycles. The largest absolute Gasteiger partial charge is 0.434 e. The van der Waals surface area contributed by atoms with E-state index in [9.17, 15) is 13.2 Å². The lowest BCUT2D eigenvalue weighted by Gasteiger charge is -2.13. The van der Waals surface area contributed by atoms with Crippen molar-refractivity contribution in [3.63, 3.8) is 0 Å². The maximum atomic E-state index is 13.2. The van der Waals surface area contributed by atoms with Crippen molar-refractivity contribution in [3.05, 3.63) is 58.4 Å². The third-order valence-corrected chi connectivity index (χ3v) is 3.11. The fourth-order valence-electron chi connectivity index (χ4n) is 1.85. The molecule has 0 amide bonds. The summed E-state index contributed by atoms with van der Waals surface area (Å²) < 4.78 is 42.3. The summed E-state index contributed by atoms with van der Waals surface area (Å²) in [6.07, 6.45) is 0. The van der Waals surface area contributed by atoms with Gasteiger partial charge in [-0.25, -0.2) is 4.39 Å². The molecule has 0 aliphatic carbocycles. The van der Waals surface area contributed by atoms with Crippen LogP contribution in [0.4, 0.5) is 18.9 Å². The highest BCUT2D eigenvalue weighted by atomic mass is 35.5. The highest BCUT2D eigenvalue weighted by molar-refractivity contribution is 6.30. The van der Waals surface area contributed by atoms with E-state index in [2.05, 4.69) is 10.1 Å². The van der Waals surface area contributed by atoms with Gasteiger partial charge >= 0.3 is 6.61 Å². The van der Waals surface area contributed by atoms with Gasteiger partial charge in [0.15, 0.2) is 0 Å². The summed E-state index contributed by atoms with van der Waals surface area (Å²) in [7, 11) is 0. The smallest absolute Gasteiger partial charge is 0.387 e. The highest BCUT2D eigenvalue weighted by Crippen LogP contribution is 2.25. The third-order valence-electron chi connectivity index (χ3n) is 2.88. The first-order chi connectivity index (χ1) is 9.95. The van der Waals surface area contributed by atoms with Crippen LogP contribution in [0.3, 0.4) is 0 Å². The molecule has 2 rings (SSSR count). The van der Waals surface area contributed by atoms with Crippen LogP contribution in [0.1, 0.15) is 11.1 Å². The monoisotopic (exact) mass is 315 g/mol. The normalized spacial score (nSPS) is 10.8. The van der Waals surface area contributed by atoms with Crippen molar-refractivity contribution in [2.45, 2.75) is 20.1 Å². The molecule has 1 N–H and O–H groups in total. The lowest BCUT2D eigenvalue weighted by atomic mass is 10.1. The van der Waals surface area contributed by atoms with E-state index in [1.165, 1.54) is 18.2 Å². The molecule has 0 radical (unpaired) electrons. The van der Waals surface area contributed by atoms with E-state index in [1.54, 1.807) is 25.1 Å². The predicted molar refractivity (Wildman–Crippen MR) is 76.5 cm³/mol.